The number of hydrogen-bond donors (Lipinski definition) is 1. The Morgan fingerprint density at radius 3 is 2.15 bits per heavy atom. The second-order valence-corrected chi connectivity index (χ2v) is 8.29. The molecule has 1 aromatic carbocycles. The highest BCUT2D eigenvalue weighted by atomic mass is 19.1. The third-order valence-corrected chi connectivity index (χ3v) is 4.43. The van der Waals surface area contributed by atoms with Gasteiger partial charge in [0.2, 0.25) is 0 Å². The Morgan fingerprint density at radius 2 is 1.69 bits per heavy atom. The third kappa shape index (κ3) is 4.30. The maximum atomic E-state index is 14.2. The van der Waals surface area contributed by atoms with E-state index in [-0.39, 0.29) is 11.4 Å². The van der Waals surface area contributed by atoms with Gasteiger partial charge in [0.1, 0.15) is 17.2 Å². The first-order chi connectivity index (χ1) is 11.8. The van der Waals surface area contributed by atoms with E-state index in [9.17, 15) is 9.18 Å². The number of benzene rings is 1. The van der Waals surface area contributed by atoms with Crippen molar-refractivity contribution in [1.29, 1.82) is 0 Å². The molecule has 1 saturated heterocycles. The van der Waals surface area contributed by atoms with Crippen molar-refractivity contribution in [2.75, 3.05) is 12.4 Å². The van der Waals surface area contributed by atoms with E-state index in [0.29, 0.717) is 5.46 Å². The minimum absolute atomic E-state index is 0.145. The molecule has 0 spiro atoms. The van der Waals surface area contributed by atoms with Crippen LogP contribution in [0.15, 0.2) is 12.1 Å². The summed E-state index contributed by atoms with van der Waals surface area (Å²) >= 11 is 0. The van der Waals surface area contributed by atoms with Crippen molar-refractivity contribution in [2.24, 2.45) is 0 Å². The molecule has 1 heterocycles. The van der Waals surface area contributed by atoms with E-state index in [0.717, 1.165) is 6.07 Å². The summed E-state index contributed by atoms with van der Waals surface area (Å²) in [7, 11) is 0.604. The first-order valence-electron chi connectivity index (χ1n) is 8.49. The highest BCUT2D eigenvalue weighted by Gasteiger charge is 2.52. The molecule has 6 nitrogen and oxygen atoms in total. The van der Waals surface area contributed by atoms with Crippen LogP contribution < -0.4 is 15.5 Å². The summed E-state index contributed by atoms with van der Waals surface area (Å²) in [5, 5.41) is 2.53. The summed E-state index contributed by atoms with van der Waals surface area (Å²) in [4.78, 5) is 12.1. The number of nitrogens with one attached hydrogen (secondary N) is 1. The molecular formula is C18H27BFNO5. The summed E-state index contributed by atoms with van der Waals surface area (Å²) in [6, 6.07) is 2.44. The van der Waals surface area contributed by atoms with Gasteiger partial charge in [0.15, 0.2) is 0 Å². The number of hydrogen-bond acceptors (Lipinski definition) is 5. The van der Waals surface area contributed by atoms with E-state index in [1.165, 1.54) is 13.2 Å². The van der Waals surface area contributed by atoms with E-state index in [4.69, 9.17) is 18.8 Å². The summed E-state index contributed by atoms with van der Waals surface area (Å²) in [5.74, 6) is -0.294. The van der Waals surface area contributed by atoms with Gasteiger partial charge in [0.25, 0.3) is 0 Å². The number of carbonyl (C=O) groups excluding carboxylic acids is 1. The van der Waals surface area contributed by atoms with Crippen molar-refractivity contribution < 1.29 is 28.0 Å². The van der Waals surface area contributed by atoms with Gasteiger partial charge in [-0.25, -0.2) is 9.18 Å². The molecule has 8 heteroatoms. The molecule has 1 aromatic rings. The molecule has 1 aliphatic heterocycles. The molecular weight excluding hydrogens is 340 g/mol. The van der Waals surface area contributed by atoms with E-state index in [1.807, 2.05) is 27.7 Å². The van der Waals surface area contributed by atoms with Crippen LogP contribution in [-0.2, 0) is 14.0 Å². The van der Waals surface area contributed by atoms with Crippen molar-refractivity contribution in [1.82, 2.24) is 0 Å². The van der Waals surface area contributed by atoms with E-state index < -0.39 is 35.8 Å². The first-order valence-corrected chi connectivity index (χ1v) is 8.49. The zero-order chi connectivity index (χ0) is 19.9. The summed E-state index contributed by atoms with van der Waals surface area (Å²) in [6.07, 6.45) is -0.707. The fourth-order valence-electron chi connectivity index (χ4n) is 2.49. The van der Waals surface area contributed by atoms with Crippen LogP contribution in [0.1, 0.15) is 48.5 Å². The Kier molecular flexibility index (Phi) is 5.32. The summed E-state index contributed by atoms with van der Waals surface area (Å²) < 4.78 is 36.8. The van der Waals surface area contributed by atoms with Crippen LogP contribution in [0.5, 0.6) is 5.75 Å². The molecule has 1 amide bonds. The van der Waals surface area contributed by atoms with Crippen molar-refractivity contribution >= 4 is 24.4 Å². The molecule has 1 N–H and O–H groups in total. The number of methoxy groups -OCH3 is 1. The third-order valence-electron chi connectivity index (χ3n) is 4.43. The molecule has 0 radical (unpaired) electrons. The number of anilines is 1. The van der Waals surface area contributed by atoms with Crippen LogP contribution in [0.4, 0.5) is 14.9 Å². The van der Waals surface area contributed by atoms with Gasteiger partial charge in [-0.15, -0.1) is 0 Å². The Morgan fingerprint density at radius 1 is 1.15 bits per heavy atom. The number of rotatable bonds is 3. The monoisotopic (exact) mass is 367 g/mol. The number of carbonyl (C=O) groups is 1. The van der Waals surface area contributed by atoms with E-state index >= 15 is 0 Å². The summed E-state index contributed by atoms with van der Waals surface area (Å²) in [6.45, 7) is 12.8. The zero-order valence-corrected chi connectivity index (χ0v) is 16.7. The molecule has 26 heavy (non-hydrogen) atoms. The normalized spacial score (nSPS) is 18.6. The van der Waals surface area contributed by atoms with Crippen LogP contribution in [-0.4, -0.2) is 37.1 Å². The topological polar surface area (TPSA) is 66.0 Å². The highest BCUT2D eigenvalue weighted by molar-refractivity contribution is 6.63. The molecule has 1 fully saturated rings. The van der Waals surface area contributed by atoms with Crippen molar-refractivity contribution in [2.45, 2.75) is 65.3 Å². The standard InChI is InChI=1S/C18H27BFNO5/c1-16(2,3)24-15(22)21-13-10-11(20)9-12(14(13)23-8)19-25-17(4,5)18(6,7)26-19/h9-10H,1-8H3,(H,21,22). The lowest BCUT2D eigenvalue weighted by molar-refractivity contribution is 0.00578. The molecule has 1 aliphatic rings. The van der Waals surface area contributed by atoms with Gasteiger partial charge in [-0.05, 0) is 54.5 Å². The first kappa shape index (κ1) is 20.5. The predicted octanol–water partition coefficient (Wildman–Crippen LogP) is 3.48. The van der Waals surface area contributed by atoms with Crippen molar-refractivity contribution in [3.63, 3.8) is 0 Å². The molecule has 0 unspecified atom stereocenters. The maximum absolute atomic E-state index is 14.2. The molecule has 0 aromatic heterocycles. The second-order valence-electron chi connectivity index (χ2n) is 8.29. The lowest BCUT2D eigenvalue weighted by Gasteiger charge is -2.32. The maximum Gasteiger partial charge on any atom is 0.498 e. The van der Waals surface area contributed by atoms with Gasteiger partial charge in [-0.2, -0.15) is 0 Å². The molecule has 0 atom stereocenters. The minimum Gasteiger partial charge on any atom is -0.495 e. The molecule has 0 saturated carbocycles. The molecule has 0 aliphatic carbocycles. The SMILES string of the molecule is COc1c(NC(=O)OC(C)(C)C)cc(F)cc1B1OC(C)(C)C(C)(C)O1. The van der Waals surface area contributed by atoms with Gasteiger partial charge in [0.05, 0.1) is 24.0 Å². The van der Waals surface area contributed by atoms with Crippen LogP contribution in [0, 0.1) is 5.82 Å². The number of ether oxygens (including phenoxy) is 2. The average Bonchev–Trinajstić information content (AvgIpc) is 2.64. The van der Waals surface area contributed by atoms with Gasteiger partial charge >= 0.3 is 13.2 Å². The second kappa shape index (κ2) is 6.74. The van der Waals surface area contributed by atoms with Crippen LogP contribution in [0.3, 0.4) is 0 Å². The largest absolute Gasteiger partial charge is 0.498 e. The zero-order valence-electron chi connectivity index (χ0n) is 16.7. The smallest absolute Gasteiger partial charge is 0.495 e. The predicted molar refractivity (Wildman–Crippen MR) is 98.5 cm³/mol. The molecule has 2 rings (SSSR count). The van der Waals surface area contributed by atoms with Crippen molar-refractivity contribution in [3.05, 3.63) is 17.9 Å². The average molecular weight is 367 g/mol. The Hall–Kier alpha value is -1.80. The van der Waals surface area contributed by atoms with Gasteiger partial charge in [-0.1, -0.05) is 0 Å². The fourth-order valence-corrected chi connectivity index (χ4v) is 2.49. The van der Waals surface area contributed by atoms with Gasteiger partial charge < -0.3 is 18.8 Å². The Balaban J connectivity index is 2.38. The minimum atomic E-state index is -0.829. The van der Waals surface area contributed by atoms with E-state index in [2.05, 4.69) is 5.32 Å². The fraction of sp³-hybridized carbons (Fsp3) is 0.611. The lowest BCUT2D eigenvalue weighted by atomic mass is 9.78. The highest BCUT2D eigenvalue weighted by Crippen LogP contribution is 2.38. The number of halogens is 1. The Labute approximate surface area is 154 Å². The van der Waals surface area contributed by atoms with Crippen LogP contribution in [0.2, 0.25) is 0 Å². The molecule has 144 valence electrons. The van der Waals surface area contributed by atoms with Crippen molar-refractivity contribution in [3.8, 4) is 5.75 Å². The van der Waals surface area contributed by atoms with Crippen LogP contribution in [0.25, 0.3) is 0 Å². The molecule has 0 bridgehead atoms. The summed E-state index contributed by atoms with van der Waals surface area (Å²) in [5.41, 5.74) is -1.36. The quantitative estimate of drug-likeness (QED) is 0.829. The van der Waals surface area contributed by atoms with Crippen LogP contribution >= 0.6 is 0 Å². The number of amides is 1. The van der Waals surface area contributed by atoms with Gasteiger partial charge in [-0.3, -0.25) is 5.32 Å². The lowest BCUT2D eigenvalue weighted by Crippen LogP contribution is -2.41. The Bertz CT molecular complexity index is 684. The van der Waals surface area contributed by atoms with E-state index in [1.54, 1.807) is 20.8 Å². The van der Waals surface area contributed by atoms with Gasteiger partial charge in [0, 0.05) is 11.5 Å².